The second-order valence-corrected chi connectivity index (χ2v) is 5.38. The van der Waals surface area contributed by atoms with E-state index >= 15 is 0 Å². The third-order valence-corrected chi connectivity index (χ3v) is 3.62. The number of hydrogen-bond acceptors (Lipinski definition) is 4. The van der Waals surface area contributed by atoms with Gasteiger partial charge in [-0.2, -0.15) is 0 Å². The van der Waals surface area contributed by atoms with E-state index in [0.717, 1.165) is 4.88 Å². The minimum absolute atomic E-state index is 0.238. The van der Waals surface area contributed by atoms with Crippen molar-refractivity contribution < 1.29 is 14.0 Å². The van der Waals surface area contributed by atoms with Gasteiger partial charge in [-0.05, 0) is 43.3 Å². The molecule has 0 fully saturated rings. The molecule has 0 aliphatic rings. The van der Waals surface area contributed by atoms with Gasteiger partial charge in [-0.3, -0.25) is 0 Å². The van der Waals surface area contributed by atoms with E-state index in [0.29, 0.717) is 10.0 Å². The molecule has 2 aromatic rings. The maximum atomic E-state index is 12.7. The Hall–Kier alpha value is -1.72. The van der Waals surface area contributed by atoms with Crippen LogP contribution in [0.3, 0.4) is 0 Å². The summed E-state index contributed by atoms with van der Waals surface area (Å²) in [6, 6.07) is 8.58. The summed E-state index contributed by atoms with van der Waals surface area (Å²) in [5.74, 6) is -1.05. The lowest BCUT2D eigenvalue weighted by Crippen LogP contribution is -2.03. The van der Waals surface area contributed by atoms with Gasteiger partial charge in [0.2, 0.25) is 0 Å². The van der Waals surface area contributed by atoms with Crippen molar-refractivity contribution in [3.05, 3.63) is 57.0 Å². The van der Waals surface area contributed by atoms with E-state index < -0.39 is 11.8 Å². The Morgan fingerprint density at radius 3 is 2.53 bits per heavy atom. The van der Waals surface area contributed by atoms with Crippen molar-refractivity contribution in [2.24, 2.45) is 5.16 Å². The Morgan fingerprint density at radius 1 is 1.26 bits per heavy atom. The summed E-state index contributed by atoms with van der Waals surface area (Å²) in [5, 5.41) is 3.73. The first kappa shape index (κ1) is 13.7. The van der Waals surface area contributed by atoms with Crippen molar-refractivity contribution in [3.8, 4) is 0 Å². The summed E-state index contributed by atoms with van der Waals surface area (Å²) in [5.41, 5.74) is 0.787. The molecule has 0 N–H and O–H groups in total. The van der Waals surface area contributed by atoms with Crippen LogP contribution in [0.25, 0.3) is 0 Å². The second-order valence-electron chi connectivity index (χ2n) is 3.67. The zero-order valence-electron chi connectivity index (χ0n) is 9.89. The van der Waals surface area contributed by atoms with E-state index in [1.807, 2.05) is 0 Å². The van der Waals surface area contributed by atoms with Crippen LogP contribution in [0.4, 0.5) is 4.39 Å². The highest BCUT2D eigenvalue weighted by Crippen LogP contribution is 2.22. The van der Waals surface area contributed by atoms with E-state index in [1.165, 1.54) is 35.6 Å². The number of carbonyl (C=O) groups is 1. The van der Waals surface area contributed by atoms with Gasteiger partial charge in [-0.15, -0.1) is 11.3 Å². The molecule has 0 saturated carbocycles. The topological polar surface area (TPSA) is 38.7 Å². The van der Waals surface area contributed by atoms with Gasteiger partial charge >= 0.3 is 5.97 Å². The number of halogens is 2. The van der Waals surface area contributed by atoms with Gasteiger partial charge < -0.3 is 4.84 Å². The normalized spacial score (nSPS) is 11.4. The van der Waals surface area contributed by atoms with Crippen LogP contribution in [0.1, 0.15) is 22.2 Å². The third-order valence-electron chi connectivity index (χ3n) is 2.28. The van der Waals surface area contributed by atoms with Crippen LogP contribution in [0.2, 0.25) is 4.34 Å². The number of oxime groups is 1. The summed E-state index contributed by atoms with van der Waals surface area (Å²) in [4.78, 5) is 17.2. The zero-order valence-corrected chi connectivity index (χ0v) is 11.5. The average Bonchev–Trinajstić information content (AvgIpc) is 2.83. The summed E-state index contributed by atoms with van der Waals surface area (Å²) in [6.45, 7) is 1.71. The zero-order chi connectivity index (χ0) is 13.8. The lowest BCUT2D eigenvalue weighted by Gasteiger charge is -1.99. The van der Waals surface area contributed by atoms with Crippen molar-refractivity contribution in [2.45, 2.75) is 6.92 Å². The third kappa shape index (κ3) is 3.62. The SMILES string of the molecule is CC(=NOC(=O)c1ccc(F)cc1)c1ccc(Cl)s1. The minimum Gasteiger partial charge on any atom is -0.313 e. The summed E-state index contributed by atoms with van der Waals surface area (Å²) < 4.78 is 13.3. The highest BCUT2D eigenvalue weighted by Gasteiger charge is 2.08. The maximum Gasteiger partial charge on any atom is 0.365 e. The lowest BCUT2D eigenvalue weighted by molar-refractivity contribution is 0.0516. The Balaban J connectivity index is 2.05. The molecular formula is C13H9ClFNO2S. The maximum absolute atomic E-state index is 12.7. The largest absolute Gasteiger partial charge is 0.365 e. The van der Waals surface area contributed by atoms with Gasteiger partial charge in [0.25, 0.3) is 0 Å². The standard InChI is InChI=1S/C13H9ClFNO2S/c1-8(11-6-7-12(14)19-11)16-18-13(17)9-2-4-10(15)5-3-9/h2-7H,1H3. The van der Waals surface area contributed by atoms with Crippen LogP contribution in [-0.2, 0) is 4.84 Å². The molecule has 0 aliphatic heterocycles. The van der Waals surface area contributed by atoms with E-state index in [9.17, 15) is 9.18 Å². The number of rotatable bonds is 3. The monoisotopic (exact) mass is 297 g/mol. The predicted octanol–water partition coefficient (Wildman–Crippen LogP) is 4.12. The fourth-order valence-corrected chi connectivity index (χ4v) is 2.28. The van der Waals surface area contributed by atoms with E-state index in [2.05, 4.69) is 5.16 Å². The van der Waals surface area contributed by atoms with Gasteiger partial charge in [0.05, 0.1) is 20.5 Å². The molecule has 0 radical (unpaired) electrons. The molecule has 0 aliphatic carbocycles. The lowest BCUT2D eigenvalue weighted by atomic mass is 10.2. The Morgan fingerprint density at radius 2 is 1.95 bits per heavy atom. The van der Waals surface area contributed by atoms with Gasteiger partial charge in [0, 0.05) is 0 Å². The fraction of sp³-hybridized carbons (Fsp3) is 0.0769. The van der Waals surface area contributed by atoms with Crippen molar-refractivity contribution in [3.63, 3.8) is 0 Å². The van der Waals surface area contributed by atoms with E-state index in [1.54, 1.807) is 19.1 Å². The molecule has 0 bridgehead atoms. The van der Waals surface area contributed by atoms with Crippen LogP contribution in [-0.4, -0.2) is 11.7 Å². The Labute approximate surface area is 118 Å². The van der Waals surface area contributed by atoms with Crippen molar-refractivity contribution in [1.82, 2.24) is 0 Å². The van der Waals surface area contributed by atoms with Crippen LogP contribution in [0, 0.1) is 5.82 Å². The smallest absolute Gasteiger partial charge is 0.313 e. The first-order chi connectivity index (χ1) is 9.06. The molecule has 98 valence electrons. The molecule has 3 nitrogen and oxygen atoms in total. The van der Waals surface area contributed by atoms with Gasteiger partial charge in [-0.25, -0.2) is 9.18 Å². The first-order valence-electron chi connectivity index (χ1n) is 5.33. The number of hydrogen-bond donors (Lipinski definition) is 0. The molecule has 19 heavy (non-hydrogen) atoms. The number of carbonyl (C=O) groups excluding carboxylic acids is 1. The van der Waals surface area contributed by atoms with Gasteiger partial charge in [0.1, 0.15) is 5.82 Å². The molecule has 0 saturated heterocycles. The Kier molecular flexibility index (Phi) is 4.29. The number of nitrogens with zero attached hydrogens (tertiary/aromatic N) is 1. The van der Waals surface area contributed by atoms with Crippen LogP contribution >= 0.6 is 22.9 Å². The fourth-order valence-electron chi connectivity index (χ4n) is 1.30. The quantitative estimate of drug-likeness (QED) is 0.485. The number of thiophene rings is 1. The van der Waals surface area contributed by atoms with Crippen molar-refractivity contribution in [1.29, 1.82) is 0 Å². The van der Waals surface area contributed by atoms with Crippen LogP contribution < -0.4 is 0 Å². The highest BCUT2D eigenvalue weighted by atomic mass is 35.5. The molecule has 0 spiro atoms. The molecule has 2 rings (SSSR count). The molecule has 0 amide bonds. The van der Waals surface area contributed by atoms with Crippen LogP contribution in [0.5, 0.6) is 0 Å². The molecule has 0 atom stereocenters. The molecule has 1 heterocycles. The van der Waals surface area contributed by atoms with E-state index in [4.69, 9.17) is 16.4 Å². The summed E-state index contributed by atoms with van der Waals surface area (Å²) in [6.07, 6.45) is 0. The molecule has 1 aromatic carbocycles. The summed E-state index contributed by atoms with van der Waals surface area (Å²) in [7, 11) is 0. The average molecular weight is 298 g/mol. The first-order valence-corrected chi connectivity index (χ1v) is 6.53. The summed E-state index contributed by atoms with van der Waals surface area (Å²) >= 11 is 7.14. The minimum atomic E-state index is -0.637. The second kappa shape index (κ2) is 5.95. The van der Waals surface area contributed by atoms with Crippen molar-refractivity contribution >= 4 is 34.6 Å². The molecular weight excluding hydrogens is 289 g/mol. The number of benzene rings is 1. The predicted molar refractivity (Wildman–Crippen MR) is 73.4 cm³/mol. The molecule has 0 unspecified atom stereocenters. The molecule has 1 aromatic heterocycles. The van der Waals surface area contributed by atoms with Gasteiger partial charge in [0.15, 0.2) is 0 Å². The van der Waals surface area contributed by atoms with Crippen LogP contribution in [0.15, 0.2) is 41.6 Å². The van der Waals surface area contributed by atoms with Gasteiger partial charge in [-0.1, -0.05) is 16.8 Å². The highest BCUT2D eigenvalue weighted by molar-refractivity contribution is 7.18. The van der Waals surface area contributed by atoms with Crippen molar-refractivity contribution in [2.75, 3.05) is 0 Å². The molecule has 6 heteroatoms. The van der Waals surface area contributed by atoms with E-state index in [-0.39, 0.29) is 5.56 Å². The Bertz CT molecular complexity index is 622.